The number of carbonyl (C=O) groups is 1. The highest BCUT2D eigenvalue weighted by atomic mass is 19.1. The first-order chi connectivity index (χ1) is 10.2. The van der Waals surface area contributed by atoms with Crippen molar-refractivity contribution < 1.29 is 18.7 Å². The van der Waals surface area contributed by atoms with Crippen LogP contribution < -0.4 is 4.74 Å². The van der Waals surface area contributed by atoms with Crippen molar-refractivity contribution in [3.05, 3.63) is 30.1 Å². The number of rotatable bonds is 10. The van der Waals surface area contributed by atoms with Gasteiger partial charge in [0.15, 0.2) is 0 Å². The number of hydrogen-bond acceptors (Lipinski definition) is 4. The highest BCUT2D eigenvalue weighted by Crippen LogP contribution is 2.11. The second-order valence-electron chi connectivity index (χ2n) is 4.74. The van der Waals surface area contributed by atoms with Crippen LogP contribution in [0, 0.1) is 5.82 Å². The van der Waals surface area contributed by atoms with Gasteiger partial charge in [0.2, 0.25) is 0 Å². The molecule has 1 aromatic rings. The van der Waals surface area contributed by atoms with Crippen molar-refractivity contribution in [3.8, 4) is 5.75 Å². The maximum Gasteiger partial charge on any atom is 0.320 e. The molecule has 0 aliphatic heterocycles. The highest BCUT2D eigenvalue weighted by Gasteiger charge is 2.10. The number of ether oxygens (including phenoxy) is 2. The van der Waals surface area contributed by atoms with Gasteiger partial charge in [-0.2, -0.15) is 0 Å². The van der Waals surface area contributed by atoms with E-state index in [-0.39, 0.29) is 11.8 Å². The number of halogens is 1. The summed E-state index contributed by atoms with van der Waals surface area (Å²) in [6, 6.07) is 5.97. The molecule has 0 aliphatic carbocycles. The number of nitrogens with zero attached hydrogens (tertiary/aromatic N) is 1. The van der Waals surface area contributed by atoms with E-state index >= 15 is 0 Å². The number of hydrogen-bond donors (Lipinski definition) is 0. The topological polar surface area (TPSA) is 38.8 Å². The van der Waals surface area contributed by atoms with Gasteiger partial charge in [-0.05, 0) is 50.6 Å². The molecule has 0 N–H and O–H groups in total. The van der Waals surface area contributed by atoms with Crippen LogP contribution in [0.5, 0.6) is 5.75 Å². The first kappa shape index (κ1) is 17.4. The van der Waals surface area contributed by atoms with Crippen LogP contribution in [-0.2, 0) is 9.53 Å². The van der Waals surface area contributed by atoms with E-state index in [1.54, 1.807) is 19.1 Å². The molecule has 0 aromatic heterocycles. The van der Waals surface area contributed by atoms with Crippen LogP contribution in [0.2, 0.25) is 0 Å². The molecule has 4 nitrogen and oxygen atoms in total. The van der Waals surface area contributed by atoms with Crippen LogP contribution in [0.1, 0.15) is 26.7 Å². The average molecular weight is 297 g/mol. The van der Waals surface area contributed by atoms with E-state index in [0.717, 1.165) is 25.9 Å². The van der Waals surface area contributed by atoms with E-state index in [2.05, 4.69) is 11.8 Å². The molecule has 21 heavy (non-hydrogen) atoms. The average Bonchev–Trinajstić information content (AvgIpc) is 2.46. The molecular weight excluding hydrogens is 273 g/mol. The third-order valence-electron chi connectivity index (χ3n) is 2.90. The maximum atomic E-state index is 12.7. The fourth-order valence-electron chi connectivity index (χ4n) is 1.98. The van der Waals surface area contributed by atoms with Crippen LogP contribution in [-0.4, -0.2) is 43.7 Å². The molecule has 0 radical (unpaired) electrons. The molecule has 0 atom stereocenters. The molecule has 118 valence electrons. The van der Waals surface area contributed by atoms with Crippen LogP contribution >= 0.6 is 0 Å². The number of benzene rings is 1. The van der Waals surface area contributed by atoms with Gasteiger partial charge in [-0.3, -0.25) is 9.69 Å². The van der Waals surface area contributed by atoms with Crippen molar-refractivity contribution in [2.45, 2.75) is 26.7 Å². The Balaban J connectivity index is 2.26. The van der Waals surface area contributed by atoms with E-state index < -0.39 is 0 Å². The Morgan fingerprint density at radius 1 is 1.19 bits per heavy atom. The Hall–Kier alpha value is -1.62. The summed E-state index contributed by atoms with van der Waals surface area (Å²) in [5.41, 5.74) is 0. The van der Waals surface area contributed by atoms with Crippen molar-refractivity contribution in [3.63, 3.8) is 0 Å². The van der Waals surface area contributed by atoms with Crippen LogP contribution in [0.25, 0.3) is 0 Å². The van der Waals surface area contributed by atoms with E-state index in [4.69, 9.17) is 9.47 Å². The lowest BCUT2D eigenvalue weighted by Gasteiger charge is -2.20. The van der Waals surface area contributed by atoms with Crippen molar-refractivity contribution >= 4 is 5.97 Å². The van der Waals surface area contributed by atoms with Gasteiger partial charge in [0.05, 0.1) is 19.8 Å². The minimum atomic E-state index is -0.272. The molecule has 0 spiro atoms. The zero-order valence-corrected chi connectivity index (χ0v) is 12.8. The van der Waals surface area contributed by atoms with Crippen molar-refractivity contribution in [2.75, 3.05) is 32.8 Å². The minimum absolute atomic E-state index is 0.189. The Morgan fingerprint density at radius 3 is 2.52 bits per heavy atom. The second kappa shape index (κ2) is 10.2. The summed E-state index contributed by atoms with van der Waals surface area (Å²) < 4.78 is 23.2. The van der Waals surface area contributed by atoms with Gasteiger partial charge in [-0.15, -0.1) is 0 Å². The smallest absolute Gasteiger partial charge is 0.320 e. The predicted molar refractivity (Wildman–Crippen MR) is 79.9 cm³/mol. The molecule has 0 heterocycles. The van der Waals surface area contributed by atoms with Crippen LogP contribution in [0.3, 0.4) is 0 Å². The van der Waals surface area contributed by atoms with Gasteiger partial charge in [0.1, 0.15) is 11.6 Å². The molecule has 1 aromatic carbocycles. The zero-order valence-electron chi connectivity index (χ0n) is 12.8. The highest BCUT2D eigenvalue weighted by molar-refractivity contribution is 5.71. The molecule has 0 amide bonds. The molecule has 0 bridgehead atoms. The Bertz CT molecular complexity index is 408. The van der Waals surface area contributed by atoms with Crippen molar-refractivity contribution in [1.82, 2.24) is 4.90 Å². The molecule has 0 saturated carbocycles. The van der Waals surface area contributed by atoms with Crippen LogP contribution in [0.15, 0.2) is 24.3 Å². The first-order valence-corrected chi connectivity index (χ1v) is 7.42. The van der Waals surface area contributed by atoms with Gasteiger partial charge in [0.25, 0.3) is 0 Å². The third kappa shape index (κ3) is 7.66. The molecular formula is C16H24FNO3. The SMILES string of the molecule is CCCN(CCCOc1ccc(F)cc1)CC(=O)OCC. The number of esters is 1. The summed E-state index contributed by atoms with van der Waals surface area (Å²) >= 11 is 0. The summed E-state index contributed by atoms with van der Waals surface area (Å²) in [5.74, 6) is 0.195. The van der Waals surface area contributed by atoms with Crippen LogP contribution in [0.4, 0.5) is 4.39 Å². The van der Waals surface area contributed by atoms with Gasteiger partial charge in [-0.1, -0.05) is 6.92 Å². The van der Waals surface area contributed by atoms with E-state index in [1.807, 2.05) is 0 Å². The Morgan fingerprint density at radius 2 is 1.90 bits per heavy atom. The van der Waals surface area contributed by atoms with Gasteiger partial charge >= 0.3 is 5.97 Å². The van der Waals surface area contributed by atoms with Gasteiger partial charge in [-0.25, -0.2) is 4.39 Å². The van der Waals surface area contributed by atoms with E-state index in [9.17, 15) is 9.18 Å². The Kier molecular flexibility index (Phi) is 8.43. The second-order valence-corrected chi connectivity index (χ2v) is 4.74. The normalized spacial score (nSPS) is 10.7. The summed E-state index contributed by atoms with van der Waals surface area (Å²) in [6.45, 7) is 6.77. The molecule has 0 fully saturated rings. The monoisotopic (exact) mass is 297 g/mol. The van der Waals surface area contributed by atoms with Crippen molar-refractivity contribution in [2.24, 2.45) is 0 Å². The Labute approximate surface area is 125 Å². The molecule has 0 aliphatic rings. The number of carbonyl (C=O) groups excluding carboxylic acids is 1. The maximum absolute atomic E-state index is 12.7. The molecule has 1 rings (SSSR count). The summed E-state index contributed by atoms with van der Waals surface area (Å²) in [4.78, 5) is 13.5. The third-order valence-corrected chi connectivity index (χ3v) is 2.90. The lowest BCUT2D eigenvalue weighted by Crippen LogP contribution is -2.33. The predicted octanol–water partition coefficient (Wildman–Crippen LogP) is 2.87. The fraction of sp³-hybridized carbons (Fsp3) is 0.562. The van der Waals surface area contributed by atoms with E-state index in [1.165, 1.54) is 12.1 Å². The standard InChI is InChI=1S/C16H24FNO3/c1-3-10-18(13-16(19)20-4-2)11-5-12-21-15-8-6-14(17)7-9-15/h6-9H,3-5,10-13H2,1-2H3. The zero-order chi connectivity index (χ0) is 15.5. The largest absolute Gasteiger partial charge is 0.494 e. The molecule has 0 unspecified atom stereocenters. The summed E-state index contributed by atoms with van der Waals surface area (Å²) in [7, 11) is 0. The molecule has 0 saturated heterocycles. The fourth-order valence-corrected chi connectivity index (χ4v) is 1.98. The summed E-state index contributed by atoms with van der Waals surface area (Å²) in [6.07, 6.45) is 1.79. The first-order valence-electron chi connectivity index (χ1n) is 7.42. The minimum Gasteiger partial charge on any atom is -0.494 e. The summed E-state index contributed by atoms with van der Waals surface area (Å²) in [5, 5.41) is 0. The lowest BCUT2D eigenvalue weighted by molar-refractivity contribution is -0.144. The van der Waals surface area contributed by atoms with E-state index in [0.29, 0.717) is 25.5 Å². The van der Waals surface area contributed by atoms with Gasteiger partial charge in [0, 0.05) is 6.54 Å². The van der Waals surface area contributed by atoms with Crippen molar-refractivity contribution in [1.29, 1.82) is 0 Å². The lowest BCUT2D eigenvalue weighted by atomic mass is 10.3. The van der Waals surface area contributed by atoms with Gasteiger partial charge < -0.3 is 9.47 Å². The molecule has 5 heteroatoms. The quantitative estimate of drug-likeness (QED) is 0.492.